The van der Waals surface area contributed by atoms with Crippen LogP contribution in [0.2, 0.25) is 0 Å². The molecule has 170 valence electrons. The Morgan fingerprint density at radius 3 is 2.20 bits per heavy atom. The SMILES string of the molecule is CC(C)c1cccc(C(C)C)c1OC(=O)NCCO[C@@H]1O[C@H](CO)[C@@H](O)[C@H](O)[C@H]1O. The molecule has 1 fully saturated rings. The number of carbonyl (C=O) groups is 1. The number of rotatable bonds is 8. The first-order chi connectivity index (χ1) is 14.2. The van der Waals surface area contributed by atoms with Gasteiger partial charge in [-0.05, 0) is 23.0 Å². The Morgan fingerprint density at radius 1 is 1.07 bits per heavy atom. The summed E-state index contributed by atoms with van der Waals surface area (Å²) in [5.74, 6) is 0.914. The molecule has 9 nitrogen and oxygen atoms in total. The number of aliphatic hydroxyl groups excluding tert-OH is 4. The average molecular weight is 427 g/mol. The lowest BCUT2D eigenvalue weighted by molar-refractivity contribution is -0.300. The van der Waals surface area contributed by atoms with Crippen molar-refractivity contribution in [3.63, 3.8) is 0 Å². The van der Waals surface area contributed by atoms with Crippen molar-refractivity contribution in [2.45, 2.75) is 70.2 Å². The van der Waals surface area contributed by atoms with Crippen LogP contribution >= 0.6 is 0 Å². The van der Waals surface area contributed by atoms with Crippen LogP contribution in [0.4, 0.5) is 4.79 Å². The molecule has 1 aliphatic rings. The van der Waals surface area contributed by atoms with Crippen LogP contribution in [0, 0.1) is 0 Å². The summed E-state index contributed by atoms with van der Waals surface area (Å²) in [6.45, 7) is 7.59. The van der Waals surface area contributed by atoms with Gasteiger partial charge >= 0.3 is 6.09 Å². The number of para-hydroxylation sites is 1. The van der Waals surface area contributed by atoms with Crippen LogP contribution in [0.5, 0.6) is 5.75 Å². The zero-order valence-corrected chi connectivity index (χ0v) is 17.8. The minimum atomic E-state index is -1.51. The van der Waals surface area contributed by atoms with Gasteiger partial charge in [-0.25, -0.2) is 4.79 Å². The van der Waals surface area contributed by atoms with Gasteiger partial charge in [-0.1, -0.05) is 45.9 Å². The fraction of sp³-hybridized carbons (Fsp3) is 0.667. The fourth-order valence-corrected chi connectivity index (χ4v) is 3.26. The smallest absolute Gasteiger partial charge is 0.410 e. The van der Waals surface area contributed by atoms with Gasteiger partial charge in [-0.2, -0.15) is 0 Å². The topological polar surface area (TPSA) is 138 Å². The summed E-state index contributed by atoms with van der Waals surface area (Å²) in [7, 11) is 0. The second kappa shape index (κ2) is 11.0. The summed E-state index contributed by atoms with van der Waals surface area (Å²) in [6, 6.07) is 5.81. The highest BCUT2D eigenvalue weighted by Gasteiger charge is 2.43. The molecular formula is C21H33NO8. The zero-order chi connectivity index (χ0) is 22.4. The van der Waals surface area contributed by atoms with Gasteiger partial charge in [-0.15, -0.1) is 0 Å². The van der Waals surface area contributed by atoms with Crippen molar-refractivity contribution in [1.82, 2.24) is 5.32 Å². The van der Waals surface area contributed by atoms with E-state index in [2.05, 4.69) is 5.32 Å². The molecule has 0 bridgehead atoms. The Bertz CT molecular complexity index is 667. The highest BCUT2D eigenvalue weighted by Crippen LogP contribution is 2.34. The van der Waals surface area contributed by atoms with Gasteiger partial charge < -0.3 is 40.0 Å². The molecule has 2 rings (SSSR count). The normalized spacial score (nSPS) is 26.8. The number of ether oxygens (including phenoxy) is 3. The number of nitrogens with one attached hydrogen (secondary N) is 1. The highest BCUT2D eigenvalue weighted by molar-refractivity contribution is 5.71. The molecule has 5 N–H and O–H groups in total. The lowest BCUT2D eigenvalue weighted by atomic mass is 9.94. The number of benzene rings is 1. The van der Waals surface area contributed by atoms with E-state index < -0.39 is 43.4 Å². The molecule has 0 radical (unpaired) electrons. The highest BCUT2D eigenvalue weighted by atomic mass is 16.7. The predicted molar refractivity (Wildman–Crippen MR) is 108 cm³/mol. The van der Waals surface area contributed by atoms with Crippen molar-refractivity contribution in [2.24, 2.45) is 0 Å². The van der Waals surface area contributed by atoms with Crippen LogP contribution in [0.15, 0.2) is 18.2 Å². The zero-order valence-electron chi connectivity index (χ0n) is 17.8. The number of aliphatic hydroxyl groups is 4. The van der Waals surface area contributed by atoms with Crippen LogP contribution < -0.4 is 10.1 Å². The summed E-state index contributed by atoms with van der Waals surface area (Å²) < 4.78 is 16.2. The second-order valence-electron chi connectivity index (χ2n) is 7.96. The Labute approximate surface area is 176 Å². The third-order valence-corrected chi connectivity index (χ3v) is 5.02. The van der Waals surface area contributed by atoms with Crippen molar-refractivity contribution in [1.29, 1.82) is 0 Å². The Morgan fingerprint density at radius 2 is 1.67 bits per heavy atom. The molecule has 0 spiro atoms. The molecule has 1 aliphatic heterocycles. The predicted octanol–water partition coefficient (Wildman–Crippen LogP) is 0.838. The Balaban J connectivity index is 1.89. The maximum absolute atomic E-state index is 12.3. The van der Waals surface area contributed by atoms with Gasteiger partial charge in [0.1, 0.15) is 30.2 Å². The molecule has 0 saturated carbocycles. The van der Waals surface area contributed by atoms with Gasteiger partial charge in [0.25, 0.3) is 0 Å². The maximum atomic E-state index is 12.3. The molecular weight excluding hydrogens is 394 g/mol. The molecule has 0 aromatic heterocycles. The van der Waals surface area contributed by atoms with E-state index in [0.717, 1.165) is 11.1 Å². The summed E-state index contributed by atoms with van der Waals surface area (Å²) >= 11 is 0. The van der Waals surface area contributed by atoms with E-state index in [1.807, 2.05) is 45.9 Å². The standard InChI is InChI=1S/C21H33NO8/c1-11(2)13-6-5-7-14(12(3)4)19(13)30-21(27)22-8-9-28-20-18(26)17(25)16(24)15(10-23)29-20/h5-7,11-12,15-18,20,23-26H,8-10H2,1-4H3,(H,22,27)/t15-,16-,17+,18-,20-/m1/s1. The van der Waals surface area contributed by atoms with Gasteiger partial charge in [0.15, 0.2) is 6.29 Å². The minimum absolute atomic E-state index is 0.0410. The van der Waals surface area contributed by atoms with Gasteiger partial charge in [0.2, 0.25) is 0 Å². The van der Waals surface area contributed by atoms with Crippen molar-refractivity contribution >= 4 is 6.09 Å². The third-order valence-electron chi connectivity index (χ3n) is 5.02. The monoisotopic (exact) mass is 427 g/mol. The van der Waals surface area contributed by atoms with E-state index in [1.165, 1.54) is 0 Å². The summed E-state index contributed by atoms with van der Waals surface area (Å²) in [6.07, 6.45) is -7.38. The molecule has 1 aromatic rings. The average Bonchev–Trinajstić information content (AvgIpc) is 2.70. The number of hydrogen-bond acceptors (Lipinski definition) is 8. The summed E-state index contributed by atoms with van der Waals surface area (Å²) in [5, 5.41) is 41.2. The molecule has 1 saturated heterocycles. The van der Waals surface area contributed by atoms with Crippen molar-refractivity contribution in [2.75, 3.05) is 19.8 Å². The third kappa shape index (κ3) is 5.90. The van der Waals surface area contributed by atoms with Gasteiger partial charge in [-0.3, -0.25) is 0 Å². The summed E-state index contributed by atoms with van der Waals surface area (Å²) in [5.41, 5.74) is 1.88. The number of hydrogen-bond donors (Lipinski definition) is 5. The van der Waals surface area contributed by atoms with Crippen LogP contribution in [0.25, 0.3) is 0 Å². The second-order valence-corrected chi connectivity index (χ2v) is 7.96. The molecule has 0 aliphatic carbocycles. The van der Waals surface area contributed by atoms with E-state index in [0.29, 0.717) is 5.75 Å². The van der Waals surface area contributed by atoms with Crippen LogP contribution in [-0.4, -0.2) is 77.0 Å². The molecule has 5 atom stereocenters. The van der Waals surface area contributed by atoms with Crippen LogP contribution in [0.3, 0.4) is 0 Å². The lowest BCUT2D eigenvalue weighted by Crippen LogP contribution is -2.59. The van der Waals surface area contributed by atoms with Gasteiger partial charge in [0.05, 0.1) is 13.2 Å². The van der Waals surface area contributed by atoms with E-state index in [4.69, 9.17) is 14.2 Å². The summed E-state index contributed by atoms with van der Waals surface area (Å²) in [4.78, 5) is 12.3. The van der Waals surface area contributed by atoms with Crippen molar-refractivity contribution in [3.05, 3.63) is 29.3 Å². The molecule has 0 unspecified atom stereocenters. The lowest BCUT2D eigenvalue weighted by Gasteiger charge is -2.39. The van der Waals surface area contributed by atoms with Crippen LogP contribution in [-0.2, 0) is 9.47 Å². The fourth-order valence-electron chi connectivity index (χ4n) is 3.26. The van der Waals surface area contributed by atoms with Gasteiger partial charge in [0, 0.05) is 6.54 Å². The van der Waals surface area contributed by atoms with Crippen LogP contribution in [0.1, 0.15) is 50.7 Å². The first kappa shape index (κ1) is 24.5. The van der Waals surface area contributed by atoms with E-state index in [1.54, 1.807) is 0 Å². The maximum Gasteiger partial charge on any atom is 0.412 e. The van der Waals surface area contributed by atoms with E-state index in [-0.39, 0.29) is 25.0 Å². The Hall–Kier alpha value is -1.75. The number of amides is 1. The minimum Gasteiger partial charge on any atom is -0.410 e. The molecule has 1 aromatic carbocycles. The first-order valence-corrected chi connectivity index (χ1v) is 10.2. The van der Waals surface area contributed by atoms with Crippen molar-refractivity contribution < 1.29 is 39.4 Å². The largest absolute Gasteiger partial charge is 0.412 e. The molecule has 1 amide bonds. The molecule has 30 heavy (non-hydrogen) atoms. The first-order valence-electron chi connectivity index (χ1n) is 10.2. The number of carbonyl (C=O) groups excluding carboxylic acids is 1. The quantitative estimate of drug-likeness (QED) is 0.385. The Kier molecular flexibility index (Phi) is 9.02. The van der Waals surface area contributed by atoms with E-state index in [9.17, 15) is 25.2 Å². The molecule has 1 heterocycles. The van der Waals surface area contributed by atoms with Crippen molar-refractivity contribution in [3.8, 4) is 5.75 Å². The van der Waals surface area contributed by atoms with E-state index >= 15 is 0 Å². The molecule has 9 heteroatoms.